The maximum absolute atomic E-state index is 11.5. The van der Waals surface area contributed by atoms with Crippen LogP contribution in [-0.2, 0) is 9.47 Å². The number of methoxy groups -OCH3 is 1. The third-order valence-corrected chi connectivity index (χ3v) is 2.58. The summed E-state index contributed by atoms with van der Waals surface area (Å²) in [6, 6.07) is 1.57. The number of nitrogens with two attached hydrogens (primary N) is 1. The number of likely N-dealkylation sites (N-methyl/N-ethyl adjacent to an activating group) is 1. The summed E-state index contributed by atoms with van der Waals surface area (Å²) in [4.78, 5) is 17.6. The molecule has 0 radical (unpaired) electrons. The Labute approximate surface area is 119 Å². The smallest absolute Gasteiger partial charge is 0.340 e. The number of pyridine rings is 1. The third kappa shape index (κ3) is 5.41. The summed E-state index contributed by atoms with van der Waals surface area (Å²) in [7, 11) is 5.30. The van der Waals surface area contributed by atoms with Crippen LogP contribution in [0.1, 0.15) is 10.4 Å². The lowest BCUT2D eigenvalue weighted by Crippen LogP contribution is -2.20. The monoisotopic (exact) mass is 282 g/mol. The van der Waals surface area contributed by atoms with Crippen LogP contribution in [0.4, 0.5) is 11.5 Å². The number of aromatic nitrogens is 1. The van der Waals surface area contributed by atoms with Crippen LogP contribution in [0.5, 0.6) is 0 Å². The summed E-state index contributed by atoms with van der Waals surface area (Å²) < 4.78 is 10.1. The van der Waals surface area contributed by atoms with E-state index < -0.39 is 5.97 Å². The molecular formula is C13H22N4O3. The van der Waals surface area contributed by atoms with Crippen molar-refractivity contribution in [2.75, 3.05) is 58.6 Å². The Bertz CT molecular complexity index is 438. The lowest BCUT2D eigenvalue weighted by molar-refractivity contribution is 0.0602. The minimum atomic E-state index is -0.477. The number of nitrogens with zero attached hydrogens (tertiary/aromatic N) is 2. The minimum Gasteiger partial charge on any atom is -0.465 e. The maximum Gasteiger partial charge on any atom is 0.340 e. The topological polar surface area (TPSA) is 89.7 Å². The Kier molecular flexibility index (Phi) is 6.75. The summed E-state index contributed by atoms with van der Waals surface area (Å²) in [5.41, 5.74) is 6.27. The lowest BCUT2D eigenvalue weighted by atomic mass is 10.2. The van der Waals surface area contributed by atoms with Crippen LogP contribution >= 0.6 is 0 Å². The molecule has 0 amide bonds. The average Bonchev–Trinajstić information content (AvgIpc) is 2.43. The number of carbonyl (C=O) groups excluding carboxylic acids is 1. The van der Waals surface area contributed by atoms with E-state index in [1.54, 1.807) is 6.07 Å². The molecule has 1 heterocycles. The molecule has 0 atom stereocenters. The molecule has 20 heavy (non-hydrogen) atoms. The summed E-state index contributed by atoms with van der Waals surface area (Å²) in [5.74, 6) is 0.0889. The number of ether oxygens (including phenoxy) is 2. The van der Waals surface area contributed by atoms with Crippen LogP contribution in [-0.4, -0.2) is 63.4 Å². The molecule has 7 nitrogen and oxygen atoms in total. The van der Waals surface area contributed by atoms with Gasteiger partial charge in [0.1, 0.15) is 5.82 Å². The van der Waals surface area contributed by atoms with E-state index in [2.05, 4.69) is 19.9 Å². The van der Waals surface area contributed by atoms with E-state index in [4.69, 9.17) is 10.5 Å². The molecule has 0 fully saturated rings. The molecule has 7 heteroatoms. The number of esters is 1. The molecular weight excluding hydrogens is 260 g/mol. The van der Waals surface area contributed by atoms with Crippen LogP contribution < -0.4 is 11.1 Å². The second-order valence-electron chi connectivity index (χ2n) is 4.49. The first-order valence-corrected chi connectivity index (χ1v) is 6.34. The van der Waals surface area contributed by atoms with Crippen molar-refractivity contribution < 1.29 is 14.3 Å². The van der Waals surface area contributed by atoms with Gasteiger partial charge in [0.2, 0.25) is 0 Å². The average molecular weight is 282 g/mol. The van der Waals surface area contributed by atoms with Crippen LogP contribution in [0.25, 0.3) is 0 Å². The first-order chi connectivity index (χ1) is 9.54. The predicted molar refractivity (Wildman–Crippen MR) is 77.9 cm³/mol. The lowest BCUT2D eigenvalue weighted by Gasteiger charge is -2.11. The van der Waals surface area contributed by atoms with Crippen LogP contribution in [0.15, 0.2) is 12.3 Å². The molecule has 0 unspecified atom stereocenters. The van der Waals surface area contributed by atoms with E-state index in [0.717, 1.165) is 6.54 Å². The highest BCUT2D eigenvalue weighted by atomic mass is 16.5. The van der Waals surface area contributed by atoms with Gasteiger partial charge >= 0.3 is 5.97 Å². The van der Waals surface area contributed by atoms with Gasteiger partial charge in [-0.25, -0.2) is 9.78 Å². The van der Waals surface area contributed by atoms with Crippen LogP contribution in [0.2, 0.25) is 0 Å². The van der Waals surface area contributed by atoms with Crippen molar-refractivity contribution >= 4 is 17.5 Å². The SMILES string of the molecule is COC(=O)c1cc(NCCOCCN(C)C)ncc1N. The second-order valence-corrected chi connectivity index (χ2v) is 4.49. The molecule has 1 rings (SSSR count). The molecule has 0 aliphatic heterocycles. The molecule has 1 aromatic rings. The van der Waals surface area contributed by atoms with Crippen molar-refractivity contribution in [2.45, 2.75) is 0 Å². The first-order valence-electron chi connectivity index (χ1n) is 6.34. The van der Waals surface area contributed by atoms with Crippen molar-refractivity contribution in [3.05, 3.63) is 17.8 Å². The van der Waals surface area contributed by atoms with Crippen molar-refractivity contribution in [2.24, 2.45) is 0 Å². The highest BCUT2D eigenvalue weighted by Gasteiger charge is 2.11. The first kappa shape index (κ1) is 16.2. The molecule has 3 N–H and O–H groups in total. The summed E-state index contributed by atoms with van der Waals surface area (Å²) in [6.07, 6.45) is 1.43. The summed E-state index contributed by atoms with van der Waals surface area (Å²) in [6.45, 7) is 2.72. The number of carbonyl (C=O) groups is 1. The Balaban J connectivity index is 2.39. The van der Waals surface area contributed by atoms with Gasteiger partial charge in [-0.05, 0) is 20.2 Å². The van der Waals surface area contributed by atoms with E-state index in [0.29, 0.717) is 36.8 Å². The zero-order valence-corrected chi connectivity index (χ0v) is 12.2. The Morgan fingerprint density at radius 3 is 2.85 bits per heavy atom. The van der Waals surface area contributed by atoms with E-state index in [1.165, 1.54) is 13.3 Å². The number of nitrogens with one attached hydrogen (secondary N) is 1. The molecule has 1 aromatic heterocycles. The second kappa shape index (κ2) is 8.34. The minimum absolute atomic E-state index is 0.296. The molecule has 0 aliphatic rings. The number of rotatable bonds is 8. The van der Waals surface area contributed by atoms with E-state index >= 15 is 0 Å². The zero-order valence-electron chi connectivity index (χ0n) is 12.2. The standard InChI is InChI=1S/C13H22N4O3/c1-17(2)5-7-20-6-4-15-12-8-10(13(18)19-3)11(14)9-16-12/h8-9H,4-7,14H2,1-3H3,(H,15,16). The number of hydrogen-bond donors (Lipinski definition) is 2. The normalized spacial score (nSPS) is 10.6. The molecule has 0 saturated heterocycles. The fourth-order valence-corrected chi connectivity index (χ4v) is 1.45. The van der Waals surface area contributed by atoms with Gasteiger partial charge in [-0.1, -0.05) is 0 Å². The number of hydrogen-bond acceptors (Lipinski definition) is 7. The van der Waals surface area contributed by atoms with Gasteiger partial charge in [-0.2, -0.15) is 0 Å². The summed E-state index contributed by atoms with van der Waals surface area (Å²) >= 11 is 0. The summed E-state index contributed by atoms with van der Waals surface area (Å²) in [5, 5.41) is 3.07. The van der Waals surface area contributed by atoms with E-state index in [-0.39, 0.29) is 0 Å². The van der Waals surface area contributed by atoms with Crippen molar-refractivity contribution in [3.63, 3.8) is 0 Å². The van der Waals surface area contributed by atoms with Gasteiger partial charge in [0.15, 0.2) is 0 Å². The van der Waals surface area contributed by atoms with Gasteiger partial charge in [0.05, 0.1) is 37.8 Å². The van der Waals surface area contributed by atoms with Gasteiger partial charge in [0, 0.05) is 13.1 Å². The molecule has 112 valence electrons. The Hall–Kier alpha value is -1.86. The van der Waals surface area contributed by atoms with Gasteiger partial charge in [0.25, 0.3) is 0 Å². The number of nitrogen functional groups attached to an aromatic ring is 1. The van der Waals surface area contributed by atoms with Crippen molar-refractivity contribution in [1.82, 2.24) is 9.88 Å². The highest BCUT2D eigenvalue weighted by molar-refractivity contribution is 5.95. The van der Waals surface area contributed by atoms with Crippen LogP contribution in [0.3, 0.4) is 0 Å². The Morgan fingerprint density at radius 2 is 2.20 bits per heavy atom. The van der Waals surface area contributed by atoms with Crippen LogP contribution in [0, 0.1) is 0 Å². The van der Waals surface area contributed by atoms with Crippen molar-refractivity contribution in [3.8, 4) is 0 Å². The molecule has 0 spiro atoms. The van der Waals surface area contributed by atoms with Gasteiger partial charge in [-0.15, -0.1) is 0 Å². The maximum atomic E-state index is 11.5. The number of anilines is 2. The molecule has 0 saturated carbocycles. The Morgan fingerprint density at radius 1 is 1.45 bits per heavy atom. The predicted octanol–water partition coefficient (Wildman–Crippen LogP) is 0.441. The van der Waals surface area contributed by atoms with E-state index in [1.807, 2.05) is 14.1 Å². The highest BCUT2D eigenvalue weighted by Crippen LogP contribution is 2.15. The van der Waals surface area contributed by atoms with Gasteiger partial charge in [-0.3, -0.25) is 0 Å². The zero-order chi connectivity index (χ0) is 15.0. The molecule has 0 aliphatic carbocycles. The quantitative estimate of drug-likeness (QED) is 0.528. The van der Waals surface area contributed by atoms with Gasteiger partial charge < -0.3 is 25.4 Å². The third-order valence-electron chi connectivity index (χ3n) is 2.58. The molecule has 0 bridgehead atoms. The fourth-order valence-electron chi connectivity index (χ4n) is 1.45. The fraction of sp³-hybridized carbons (Fsp3) is 0.538. The largest absolute Gasteiger partial charge is 0.465 e. The van der Waals surface area contributed by atoms with E-state index in [9.17, 15) is 4.79 Å². The molecule has 0 aromatic carbocycles. The van der Waals surface area contributed by atoms with Crippen molar-refractivity contribution in [1.29, 1.82) is 0 Å².